The summed E-state index contributed by atoms with van der Waals surface area (Å²) in [7, 11) is 5.22. The maximum Gasteiger partial charge on any atom is 0.253 e. The van der Waals surface area contributed by atoms with Crippen molar-refractivity contribution in [1.82, 2.24) is 20.5 Å². The molecule has 7 heteroatoms. The molecule has 2 N–H and O–H groups in total. The van der Waals surface area contributed by atoms with Gasteiger partial charge in [0.05, 0.1) is 12.2 Å². The van der Waals surface area contributed by atoms with E-state index in [0.717, 1.165) is 11.3 Å². The summed E-state index contributed by atoms with van der Waals surface area (Å²) in [4.78, 5) is 21.9. The quantitative estimate of drug-likeness (QED) is 0.414. The van der Waals surface area contributed by atoms with Crippen LogP contribution in [0.5, 0.6) is 0 Å². The first-order valence-corrected chi connectivity index (χ1v) is 7.75. The number of nitrogens with zero attached hydrogens (tertiary/aromatic N) is 3. The van der Waals surface area contributed by atoms with Crippen molar-refractivity contribution in [2.45, 2.75) is 13.1 Å². The molecule has 0 unspecified atom stereocenters. The van der Waals surface area contributed by atoms with Gasteiger partial charge in [-0.05, 0) is 29.8 Å². The molecular weight excluding hydrogens is 429 g/mol. The monoisotopic (exact) mass is 453 g/mol. The van der Waals surface area contributed by atoms with E-state index in [4.69, 9.17) is 0 Å². The number of aromatic nitrogens is 1. The second kappa shape index (κ2) is 10.7. The van der Waals surface area contributed by atoms with Crippen molar-refractivity contribution < 1.29 is 4.79 Å². The van der Waals surface area contributed by atoms with Crippen LogP contribution >= 0.6 is 24.0 Å². The number of amides is 1. The molecule has 0 atom stereocenters. The van der Waals surface area contributed by atoms with Crippen LogP contribution in [-0.2, 0) is 13.1 Å². The fourth-order valence-electron chi connectivity index (χ4n) is 2.11. The highest BCUT2D eigenvalue weighted by Crippen LogP contribution is 2.06. The molecule has 6 nitrogen and oxygen atoms in total. The summed E-state index contributed by atoms with van der Waals surface area (Å²) < 4.78 is 0. The minimum atomic E-state index is 0. The van der Waals surface area contributed by atoms with Gasteiger partial charge in [-0.25, -0.2) is 0 Å². The molecule has 1 aromatic heterocycles. The van der Waals surface area contributed by atoms with Gasteiger partial charge < -0.3 is 15.5 Å². The summed E-state index contributed by atoms with van der Waals surface area (Å²) in [6.07, 6.45) is 1.77. The first-order chi connectivity index (χ1) is 11.6. The molecule has 0 saturated heterocycles. The number of halogens is 1. The largest absolute Gasteiger partial charge is 0.352 e. The highest BCUT2D eigenvalue weighted by Gasteiger charge is 2.07. The van der Waals surface area contributed by atoms with E-state index in [1.807, 2.05) is 42.5 Å². The Morgan fingerprint density at radius 3 is 2.32 bits per heavy atom. The Labute approximate surface area is 165 Å². The van der Waals surface area contributed by atoms with Crippen molar-refractivity contribution in [1.29, 1.82) is 0 Å². The predicted octanol–water partition coefficient (Wildman–Crippen LogP) is 2.27. The molecule has 0 aliphatic carbocycles. The maximum atomic E-state index is 11.9. The molecule has 0 aliphatic rings. The van der Waals surface area contributed by atoms with Crippen LogP contribution in [0.25, 0.3) is 0 Å². The Morgan fingerprint density at radius 1 is 1.08 bits per heavy atom. The number of nitrogens with one attached hydrogen (secondary N) is 2. The minimum Gasteiger partial charge on any atom is -0.352 e. The summed E-state index contributed by atoms with van der Waals surface area (Å²) in [5, 5.41) is 6.46. The number of carbonyl (C=O) groups excluding carboxylic acids is 1. The topological polar surface area (TPSA) is 69.6 Å². The third kappa shape index (κ3) is 6.69. The summed E-state index contributed by atoms with van der Waals surface area (Å²) in [6, 6.07) is 13.4. The number of guanidine groups is 1. The van der Waals surface area contributed by atoms with Gasteiger partial charge in [0.15, 0.2) is 5.96 Å². The first-order valence-electron chi connectivity index (χ1n) is 7.75. The van der Waals surface area contributed by atoms with E-state index in [1.165, 1.54) is 0 Å². The molecule has 1 amide bonds. The molecule has 1 heterocycles. The van der Waals surface area contributed by atoms with Crippen molar-refractivity contribution in [2.75, 3.05) is 21.1 Å². The lowest BCUT2D eigenvalue weighted by Gasteiger charge is -2.13. The molecular formula is C18H24IN5O. The predicted molar refractivity (Wildman–Crippen MR) is 111 cm³/mol. The molecule has 0 fully saturated rings. The highest BCUT2D eigenvalue weighted by molar-refractivity contribution is 14.0. The summed E-state index contributed by atoms with van der Waals surface area (Å²) in [5.74, 6) is 0.705. The number of pyridine rings is 1. The molecule has 0 saturated carbocycles. The zero-order valence-corrected chi connectivity index (χ0v) is 17.0. The van der Waals surface area contributed by atoms with Gasteiger partial charge in [0.1, 0.15) is 0 Å². The third-order valence-electron chi connectivity index (χ3n) is 3.45. The summed E-state index contributed by atoms with van der Waals surface area (Å²) >= 11 is 0. The van der Waals surface area contributed by atoms with E-state index in [-0.39, 0.29) is 29.9 Å². The molecule has 0 radical (unpaired) electrons. The fraction of sp³-hybridized carbons (Fsp3) is 0.278. The zero-order valence-electron chi connectivity index (χ0n) is 14.7. The van der Waals surface area contributed by atoms with Gasteiger partial charge in [-0.3, -0.25) is 14.8 Å². The average Bonchev–Trinajstić information content (AvgIpc) is 2.62. The fourth-order valence-corrected chi connectivity index (χ4v) is 2.11. The van der Waals surface area contributed by atoms with Crippen molar-refractivity contribution in [2.24, 2.45) is 4.99 Å². The van der Waals surface area contributed by atoms with Crippen LogP contribution in [0.15, 0.2) is 53.7 Å². The Balaban J connectivity index is 0.00000312. The van der Waals surface area contributed by atoms with Crippen LogP contribution in [0.3, 0.4) is 0 Å². The van der Waals surface area contributed by atoms with Gasteiger partial charge in [0.2, 0.25) is 0 Å². The van der Waals surface area contributed by atoms with Crippen LogP contribution in [0.1, 0.15) is 21.6 Å². The number of benzene rings is 1. The van der Waals surface area contributed by atoms with E-state index in [2.05, 4.69) is 20.6 Å². The number of hydrogen-bond acceptors (Lipinski definition) is 3. The minimum absolute atomic E-state index is 0. The van der Waals surface area contributed by atoms with Gasteiger partial charge in [0, 0.05) is 39.4 Å². The standard InChI is InChI=1S/C18H23N5O.HI/c1-19-18(22-13-16-6-4-5-11-20-16)21-12-14-7-9-15(10-8-14)17(24)23(2)3;/h4-11H,12-13H2,1-3H3,(H2,19,21,22);1H. The molecule has 2 aromatic rings. The Kier molecular flexibility index (Phi) is 8.90. The summed E-state index contributed by atoms with van der Waals surface area (Å²) in [5.41, 5.74) is 2.71. The molecule has 0 aliphatic heterocycles. The highest BCUT2D eigenvalue weighted by atomic mass is 127. The third-order valence-corrected chi connectivity index (χ3v) is 3.45. The maximum absolute atomic E-state index is 11.9. The molecule has 2 rings (SSSR count). The van der Waals surface area contributed by atoms with E-state index in [0.29, 0.717) is 24.6 Å². The van der Waals surface area contributed by atoms with E-state index in [1.54, 1.807) is 32.2 Å². The van der Waals surface area contributed by atoms with Gasteiger partial charge in [-0.2, -0.15) is 0 Å². The van der Waals surface area contributed by atoms with Crippen molar-refractivity contribution in [3.63, 3.8) is 0 Å². The number of carbonyl (C=O) groups is 1. The van der Waals surface area contributed by atoms with Crippen molar-refractivity contribution >= 4 is 35.8 Å². The van der Waals surface area contributed by atoms with Crippen molar-refractivity contribution in [3.8, 4) is 0 Å². The molecule has 0 bridgehead atoms. The first kappa shape index (κ1) is 20.9. The number of aliphatic imine (C=N–C) groups is 1. The smallest absolute Gasteiger partial charge is 0.253 e. The number of rotatable bonds is 5. The van der Waals surface area contributed by atoms with E-state index in [9.17, 15) is 4.79 Å². The molecule has 0 spiro atoms. The molecule has 1 aromatic carbocycles. The van der Waals surface area contributed by atoms with Crippen LogP contribution in [0.2, 0.25) is 0 Å². The average molecular weight is 453 g/mol. The lowest BCUT2D eigenvalue weighted by molar-refractivity contribution is 0.0827. The normalized spacial score (nSPS) is 10.6. The molecule has 25 heavy (non-hydrogen) atoms. The van der Waals surface area contributed by atoms with Crippen LogP contribution in [0, 0.1) is 0 Å². The van der Waals surface area contributed by atoms with Gasteiger partial charge in [-0.1, -0.05) is 18.2 Å². The summed E-state index contributed by atoms with van der Waals surface area (Å²) in [6.45, 7) is 1.23. The van der Waals surface area contributed by atoms with E-state index >= 15 is 0 Å². The van der Waals surface area contributed by atoms with Gasteiger partial charge >= 0.3 is 0 Å². The van der Waals surface area contributed by atoms with Gasteiger partial charge in [-0.15, -0.1) is 24.0 Å². The van der Waals surface area contributed by atoms with Crippen LogP contribution in [-0.4, -0.2) is 42.9 Å². The lowest BCUT2D eigenvalue weighted by Crippen LogP contribution is -2.36. The second-order valence-electron chi connectivity index (χ2n) is 5.50. The Bertz CT molecular complexity index is 686. The van der Waals surface area contributed by atoms with E-state index < -0.39 is 0 Å². The zero-order chi connectivity index (χ0) is 17.4. The lowest BCUT2D eigenvalue weighted by atomic mass is 10.1. The van der Waals surface area contributed by atoms with Crippen LogP contribution < -0.4 is 10.6 Å². The number of hydrogen-bond donors (Lipinski definition) is 2. The Morgan fingerprint density at radius 2 is 1.76 bits per heavy atom. The van der Waals surface area contributed by atoms with Crippen LogP contribution in [0.4, 0.5) is 0 Å². The SMILES string of the molecule is CN=C(NCc1ccc(C(=O)N(C)C)cc1)NCc1ccccn1.I. The second-order valence-corrected chi connectivity index (χ2v) is 5.50. The van der Waals surface area contributed by atoms with Gasteiger partial charge in [0.25, 0.3) is 5.91 Å². The molecule has 134 valence electrons. The van der Waals surface area contributed by atoms with Crippen molar-refractivity contribution in [3.05, 3.63) is 65.5 Å². The Hall–Kier alpha value is -2.16.